The van der Waals surface area contributed by atoms with E-state index < -0.39 is 0 Å². The van der Waals surface area contributed by atoms with E-state index in [-0.39, 0.29) is 0 Å². The van der Waals surface area contributed by atoms with Crippen molar-refractivity contribution in [3.05, 3.63) is 30.1 Å². The summed E-state index contributed by atoms with van der Waals surface area (Å²) in [6.07, 6.45) is 5.99. The highest BCUT2D eigenvalue weighted by molar-refractivity contribution is 5.80. The van der Waals surface area contributed by atoms with E-state index in [2.05, 4.69) is 18.0 Å². The number of rotatable bonds is 1. The molecule has 2 rings (SSSR count). The van der Waals surface area contributed by atoms with Crippen molar-refractivity contribution in [1.29, 1.82) is 0 Å². The van der Waals surface area contributed by atoms with Crippen molar-refractivity contribution in [3.8, 4) is 0 Å². The minimum atomic E-state index is 0.370. The van der Waals surface area contributed by atoms with Gasteiger partial charge in [-0.25, -0.2) is 0 Å². The molecule has 2 nitrogen and oxygen atoms in total. The van der Waals surface area contributed by atoms with Crippen molar-refractivity contribution in [2.75, 3.05) is 0 Å². The smallest absolute Gasteiger partial charge is 0.133 e. The summed E-state index contributed by atoms with van der Waals surface area (Å²) in [6.45, 7) is 2.14. The third-order valence-electron chi connectivity index (χ3n) is 2.82. The van der Waals surface area contributed by atoms with E-state index in [0.29, 0.717) is 24.0 Å². The molecule has 2 heteroatoms. The van der Waals surface area contributed by atoms with Crippen LogP contribution in [0, 0.1) is 12.0 Å². The van der Waals surface area contributed by atoms with Crippen LogP contribution < -0.4 is 0 Å². The Hall–Kier alpha value is -1.18. The number of carbonyl (C=O) groups excluding carboxylic acids is 1. The van der Waals surface area contributed by atoms with Crippen LogP contribution in [0.3, 0.4) is 0 Å². The van der Waals surface area contributed by atoms with Crippen molar-refractivity contribution < 1.29 is 4.79 Å². The maximum atomic E-state index is 11.4. The van der Waals surface area contributed by atoms with Crippen LogP contribution in [-0.2, 0) is 4.79 Å². The first-order valence-electron chi connectivity index (χ1n) is 5.09. The molecule has 1 aromatic rings. The molecule has 73 valence electrons. The Kier molecular flexibility index (Phi) is 2.62. The van der Waals surface area contributed by atoms with Gasteiger partial charge in [-0.15, -0.1) is 0 Å². The molecule has 1 heterocycles. The van der Waals surface area contributed by atoms with Crippen molar-refractivity contribution in [3.63, 3.8) is 0 Å². The fourth-order valence-electron chi connectivity index (χ4n) is 2.22. The zero-order chi connectivity index (χ0) is 9.97. The van der Waals surface area contributed by atoms with Gasteiger partial charge in [0.05, 0.1) is 0 Å². The van der Waals surface area contributed by atoms with Crippen LogP contribution in [0.4, 0.5) is 0 Å². The van der Waals surface area contributed by atoms with Gasteiger partial charge in [-0.3, -0.25) is 9.78 Å². The van der Waals surface area contributed by atoms with Gasteiger partial charge in [0, 0.05) is 31.3 Å². The highest BCUT2D eigenvalue weighted by Crippen LogP contribution is 2.33. The molecule has 1 fully saturated rings. The second-order valence-electron chi connectivity index (χ2n) is 4.18. The van der Waals surface area contributed by atoms with Gasteiger partial charge in [0.15, 0.2) is 0 Å². The zero-order valence-corrected chi connectivity index (χ0v) is 8.36. The Morgan fingerprint density at radius 2 is 2.36 bits per heavy atom. The summed E-state index contributed by atoms with van der Waals surface area (Å²) < 4.78 is 0. The van der Waals surface area contributed by atoms with Gasteiger partial charge in [-0.2, -0.15) is 0 Å². The molecule has 0 spiro atoms. The molecule has 2 unspecified atom stereocenters. The maximum absolute atomic E-state index is 11.4. The lowest BCUT2D eigenvalue weighted by atomic mass is 9.78. The van der Waals surface area contributed by atoms with E-state index in [0.717, 1.165) is 18.4 Å². The van der Waals surface area contributed by atoms with E-state index in [1.165, 1.54) is 0 Å². The predicted molar refractivity (Wildman–Crippen MR) is 53.8 cm³/mol. The molecule has 1 aliphatic rings. The van der Waals surface area contributed by atoms with Gasteiger partial charge >= 0.3 is 0 Å². The van der Waals surface area contributed by atoms with E-state index >= 15 is 0 Å². The van der Waals surface area contributed by atoms with Crippen molar-refractivity contribution >= 4 is 5.78 Å². The van der Waals surface area contributed by atoms with Crippen molar-refractivity contribution in [2.24, 2.45) is 5.92 Å². The van der Waals surface area contributed by atoms with Gasteiger partial charge in [-0.1, -0.05) is 6.92 Å². The normalized spacial score (nSPS) is 27.6. The molecular formula is C12H14NO. The van der Waals surface area contributed by atoms with Crippen LogP contribution in [0.2, 0.25) is 0 Å². The quantitative estimate of drug-likeness (QED) is 0.677. The maximum Gasteiger partial charge on any atom is 0.133 e. The summed E-state index contributed by atoms with van der Waals surface area (Å²) >= 11 is 0. The topological polar surface area (TPSA) is 30.0 Å². The Balaban J connectivity index is 2.15. The number of ketones is 1. The first-order chi connectivity index (χ1) is 6.75. The van der Waals surface area contributed by atoms with Gasteiger partial charge in [0.1, 0.15) is 5.78 Å². The van der Waals surface area contributed by atoms with Gasteiger partial charge < -0.3 is 0 Å². The van der Waals surface area contributed by atoms with E-state index in [1.807, 2.05) is 6.07 Å². The molecule has 0 bridgehead atoms. The molecule has 0 amide bonds. The molecule has 1 aromatic heterocycles. The minimum absolute atomic E-state index is 0.370. The number of carbonyl (C=O) groups is 1. The predicted octanol–water partition coefficient (Wildman–Crippen LogP) is 2.35. The lowest BCUT2D eigenvalue weighted by Crippen LogP contribution is -2.19. The summed E-state index contributed by atoms with van der Waals surface area (Å²) in [5.74, 6) is 1.27. The van der Waals surface area contributed by atoms with Crippen molar-refractivity contribution in [1.82, 2.24) is 4.98 Å². The van der Waals surface area contributed by atoms with E-state index in [1.54, 1.807) is 12.4 Å². The molecule has 1 aliphatic carbocycles. The molecule has 0 saturated heterocycles. The summed E-state index contributed by atoms with van der Waals surface area (Å²) in [5.41, 5.74) is 1.14. The second kappa shape index (κ2) is 3.91. The van der Waals surface area contributed by atoms with Crippen molar-refractivity contribution in [2.45, 2.75) is 32.1 Å². The Labute approximate surface area is 84.4 Å². The molecule has 0 aromatic carbocycles. The van der Waals surface area contributed by atoms with Crippen LogP contribution in [0.1, 0.15) is 37.7 Å². The Morgan fingerprint density at radius 3 is 3.00 bits per heavy atom. The zero-order valence-electron chi connectivity index (χ0n) is 8.36. The Bertz CT molecular complexity index is 320. The number of pyridine rings is 1. The number of hydrogen-bond donors (Lipinski definition) is 0. The van der Waals surface area contributed by atoms with Crippen LogP contribution in [0.5, 0.6) is 0 Å². The molecule has 0 aliphatic heterocycles. The largest absolute Gasteiger partial charge is 0.300 e. The van der Waals surface area contributed by atoms with Crippen LogP contribution >= 0.6 is 0 Å². The molecule has 2 atom stereocenters. The van der Waals surface area contributed by atoms with Crippen LogP contribution in [0.15, 0.2) is 18.5 Å². The van der Waals surface area contributed by atoms with Crippen LogP contribution in [0.25, 0.3) is 0 Å². The summed E-state index contributed by atoms with van der Waals surface area (Å²) in [4.78, 5) is 15.4. The van der Waals surface area contributed by atoms with Gasteiger partial charge in [0.25, 0.3) is 0 Å². The van der Waals surface area contributed by atoms with Gasteiger partial charge in [-0.05, 0) is 29.9 Å². The van der Waals surface area contributed by atoms with E-state index in [4.69, 9.17) is 0 Å². The minimum Gasteiger partial charge on any atom is -0.300 e. The highest BCUT2D eigenvalue weighted by atomic mass is 16.1. The average molecular weight is 188 g/mol. The molecule has 14 heavy (non-hydrogen) atoms. The molecular weight excluding hydrogens is 174 g/mol. The first kappa shape index (κ1) is 9.38. The fourth-order valence-corrected chi connectivity index (χ4v) is 2.22. The monoisotopic (exact) mass is 188 g/mol. The van der Waals surface area contributed by atoms with E-state index in [9.17, 15) is 4.79 Å². The number of Topliss-reactive ketones (excluding diaryl/α,β-unsaturated/α-hetero) is 1. The molecule has 1 saturated carbocycles. The van der Waals surface area contributed by atoms with Crippen LogP contribution in [-0.4, -0.2) is 10.8 Å². The summed E-state index contributed by atoms with van der Waals surface area (Å²) in [7, 11) is 0. The highest BCUT2D eigenvalue weighted by Gasteiger charge is 2.25. The number of aromatic nitrogens is 1. The lowest BCUT2D eigenvalue weighted by molar-refractivity contribution is -0.121. The lowest BCUT2D eigenvalue weighted by Gasteiger charge is -2.25. The fraction of sp³-hybridized carbons (Fsp3) is 0.500. The SMILES string of the molecule is CC1CC(=O)CC(c2[c]cncc2)C1. The first-order valence-corrected chi connectivity index (χ1v) is 5.09. The number of nitrogens with zero attached hydrogens (tertiary/aromatic N) is 1. The third kappa shape index (κ3) is 2.00. The third-order valence-corrected chi connectivity index (χ3v) is 2.82. The average Bonchev–Trinajstić information content (AvgIpc) is 2.18. The molecule has 0 N–H and O–H groups in total. The second-order valence-corrected chi connectivity index (χ2v) is 4.18. The molecule has 1 radical (unpaired) electrons. The summed E-state index contributed by atoms with van der Waals surface area (Å²) in [6, 6.07) is 5.08. The standard InChI is InChI=1S/C12H14NO/c1-9-6-11(8-12(14)7-9)10-2-4-13-5-3-10/h2,4-5,9,11H,6-8H2,1H3. The number of hydrogen-bond acceptors (Lipinski definition) is 2. The summed E-state index contributed by atoms with van der Waals surface area (Å²) in [5, 5.41) is 0. The van der Waals surface area contributed by atoms with Gasteiger partial charge in [0.2, 0.25) is 0 Å². The Morgan fingerprint density at radius 1 is 1.50 bits per heavy atom.